The number of hydrogen-bond acceptors (Lipinski definition) is 2. The predicted octanol–water partition coefficient (Wildman–Crippen LogP) is 2.88. The summed E-state index contributed by atoms with van der Waals surface area (Å²) in [5.74, 6) is 0.259. The molecule has 0 radical (unpaired) electrons. The van der Waals surface area contributed by atoms with Crippen molar-refractivity contribution in [3.63, 3.8) is 0 Å². The van der Waals surface area contributed by atoms with E-state index in [1.807, 2.05) is 30.3 Å². The van der Waals surface area contributed by atoms with Gasteiger partial charge in [0.25, 0.3) is 0 Å². The summed E-state index contributed by atoms with van der Waals surface area (Å²) in [7, 11) is 0. The van der Waals surface area contributed by atoms with Crippen LogP contribution in [0.2, 0.25) is 0 Å². The lowest BCUT2D eigenvalue weighted by atomic mass is 9.98. The molecule has 0 amide bonds. The molecule has 0 N–H and O–H groups in total. The fourth-order valence-electron chi connectivity index (χ4n) is 2.27. The van der Waals surface area contributed by atoms with Crippen LogP contribution in [0.1, 0.15) is 22.3 Å². The number of carbonyl (C=O) groups is 1. The number of aryl methyl sites for hydroxylation is 1. The summed E-state index contributed by atoms with van der Waals surface area (Å²) in [5, 5.41) is 0. The highest BCUT2D eigenvalue weighted by molar-refractivity contribution is 6.06. The smallest absolute Gasteiger partial charge is 0.164 e. The van der Waals surface area contributed by atoms with Crippen LogP contribution < -0.4 is 0 Å². The van der Waals surface area contributed by atoms with E-state index >= 15 is 0 Å². The minimum Gasteiger partial charge on any atom is -0.294 e. The molecule has 0 saturated heterocycles. The van der Waals surface area contributed by atoms with E-state index < -0.39 is 0 Å². The molecule has 1 aliphatic rings. The maximum atomic E-state index is 11.8. The molecule has 78 valence electrons. The second-order valence-corrected chi connectivity index (χ2v) is 4.00. The maximum absolute atomic E-state index is 11.8. The van der Waals surface area contributed by atoms with Crippen molar-refractivity contribution in [1.29, 1.82) is 0 Å². The Morgan fingerprint density at radius 2 is 2.00 bits per heavy atom. The van der Waals surface area contributed by atoms with Crippen LogP contribution in [-0.4, -0.2) is 10.8 Å². The summed E-state index contributed by atoms with van der Waals surface area (Å²) in [6.07, 6.45) is 5.07. The zero-order chi connectivity index (χ0) is 11.0. The molecule has 0 atom stereocenters. The molecule has 1 aromatic heterocycles. The molecule has 1 heterocycles. The van der Waals surface area contributed by atoms with Crippen molar-refractivity contribution in [2.75, 3.05) is 0 Å². The van der Waals surface area contributed by atoms with Gasteiger partial charge < -0.3 is 0 Å². The zero-order valence-corrected chi connectivity index (χ0v) is 8.81. The second kappa shape index (κ2) is 3.56. The molecule has 0 fully saturated rings. The van der Waals surface area contributed by atoms with Crippen molar-refractivity contribution in [2.45, 2.75) is 12.8 Å². The summed E-state index contributed by atoms with van der Waals surface area (Å²) < 4.78 is 0. The number of carbonyl (C=O) groups excluding carboxylic acids is 1. The molecule has 2 nitrogen and oxygen atoms in total. The lowest BCUT2D eigenvalue weighted by molar-refractivity contribution is 0.0995. The van der Waals surface area contributed by atoms with Gasteiger partial charge in [0.2, 0.25) is 0 Å². The van der Waals surface area contributed by atoms with Crippen molar-refractivity contribution in [2.24, 2.45) is 0 Å². The highest BCUT2D eigenvalue weighted by Gasteiger charge is 2.22. The summed E-state index contributed by atoms with van der Waals surface area (Å²) >= 11 is 0. The van der Waals surface area contributed by atoms with Gasteiger partial charge in [-0.05, 0) is 23.6 Å². The van der Waals surface area contributed by atoms with Crippen LogP contribution >= 0.6 is 0 Å². The topological polar surface area (TPSA) is 30.0 Å². The zero-order valence-electron chi connectivity index (χ0n) is 8.81. The summed E-state index contributed by atoms with van der Waals surface area (Å²) in [5.41, 5.74) is 4.12. The molecule has 1 aromatic carbocycles. The predicted molar refractivity (Wildman–Crippen MR) is 62.3 cm³/mol. The number of aromatic nitrogens is 1. The van der Waals surface area contributed by atoms with Gasteiger partial charge in [0.05, 0.1) is 0 Å². The van der Waals surface area contributed by atoms with Crippen molar-refractivity contribution in [1.82, 2.24) is 4.98 Å². The van der Waals surface area contributed by atoms with E-state index in [1.165, 1.54) is 5.56 Å². The Bertz CT molecular complexity index is 546. The van der Waals surface area contributed by atoms with Gasteiger partial charge in [-0.2, -0.15) is 0 Å². The molecule has 16 heavy (non-hydrogen) atoms. The number of benzene rings is 1. The Morgan fingerprint density at radius 3 is 2.81 bits per heavy atom. The van der Waals surface area contributed by atoms with Crippen LogP contribution in [0.3, 0.4) is 0 Å². The third-order valence-corrected chi connectivity index (χ3v) is 3.02. The number of rotatable bonds is 1. The van der Waals surface area contributed by atoms with Gasteiger partial charge >= 0.3 is 0 Å². The molecule has 2 aromatic rings. The Kier molecular flexibility index (Phi) is 2.07. The van der Waals surface area contributed by atoms with Gasteiger partial charge in [-0.15, -0.1) is 0 Å². The van der Waals surface area contributed by atoms with E-state index in [1.54, 1.807) is 12.4 Å². The van der Waals surface area contributed by atoms with Crippen LogP contribution in [0.5, 0.6) is 0 Å². The quantitative estimate of drug-likeness (QED) is 0.722. The van der Waals surface area contributed by atoms with Crippen molar-refractivity contribution >= 4 is 5.78 Å². The minimum absolute atomic E-state index is 0.259. The molecule has 0 saturated carbocycles. The number of nitrogens with zero attached hydrogens (tertiary/aromatic N) is 1. The first kappa shape index (κ1) is 9.28. The molecule has 0 spiro atoms. The average Bonchev–Trinajstić information content (AvgIpc) is 2.73. The standard InChI is InChI=1S/C14H11NO/c16-13-7-6-10-3-1-5-12(14(10)13)11-4-2-8-15-9-11/h1-5,8-9H,6-7H2. The van der Waals surface area contributed by atoms with Crippen LogP contribution in [0.25, 0.3) is 11.1 Å². The minimum atomic E-state index is 0.259. The van der Waals surface area contributed by atoms with E-state index in [0.29, 0.717) is 6.42 Å². The Hall–Kier alpha value is -1.96. The fourth-order valence-corrected chi connectivity index (χ4v) is 2.27. The van der Waals surface area contributed by atoms with Gasteiger partial charge in [0, 0.05) is 29.9 Å². The van der Waals surface area contributed by atoms with E-state index in [2.05, 4.69) is 4.98 Å². The number of fused-ring (bicyclic) bond motifs is 1. The van der Waals surface area contributed by atoms with Gasteiger partial charge in [-0.25, -0.2) is 0 Å². The maximum Gasteiger partial charge on any atom is 0.164 e. The SMILES string of the molecule is O=C1CCc2cccc(-c3cccnc3)c21. The van der Waals surface area contributed by atoms with E-state index in [-0.39, 0.29) is 5.78 Å². The van der Waals surface area contributed by atoms with Crippen molar-refractivity contribution < 1.29 is 4.79 Å². The second-order valence-electron chi connectivity index (χ2n) is 4.00. The Balaban J connectivity index is 2.23. The van der Waals surface area contributed by atoms with Crippen LogP contribution in [0, 0.1) is 0 Å². The van der Waals surface area contributed by atoms with E-state index in [4.69, 9.17) is 0 Å². The highest BCUT2D eigenvalue weighted by Crippen LogP contribution is 2.31. The summed E-state index contributed by atoms with van der Waals surface area (Å²) in [4.78, 5) is 15.9. The summed E-state index contributed by atoms with van der Waals surface area (Å²) in [6, 6.07) is 9.95. The highest BCUT2D eigenvalue weighted by atomic mass is 16.1. The first-order chi connectivity index (χ1) is 7.86. The third kappa shape index (κ3) is 1.34. The van der Waals surface area contributed by atoms with E-state index in [0.717, 1.165) is 23.1 Å². The fraction of sp³-hybridized carbons (Fsp3) is 0.143. The molecule has 1 aliphatic carbocycles. The van der Waals surface area contributed by atoms with Crippen LogP contribution in [0.4, 0.5) is 0 Å². The van der Waals surface area contributed by atoms with E-state index in [9.17, 15) is 4.79 Å². The average molecular weight is 209 g/mol. The lowest BCUT2D eigenvalue weighted by Crippen LogP contribution is -1.95. The van der Waals surface area contributed by atoms with Crippen LogP contribution in [-0.2, 0) is 6.42 Å². The molecule has 3 rings (SSSR count). The van der Waals surface area contributed by atoms with Gasteiger partial charge in [0.1, 0.15) is 0 Å². The van der Waals surface area contributed by atoms with Gasteiger partial charge in [0.15, 0.2) is 5.78 Å². The van der Waals surface area contributed by atoms with Gasteiger partial charge in [-0.1, -0.05) is 24.3 Å². The first-order valence-corrected chi connectivity index (χ1v) is 5.42. The molecular formula is C14H11NO. The van der Waals surface area contributed by atoms with Crippen molar-refractivity contribution in [3.05, 3.63) is 53.9 Å². The normalized spacial score (nSPS) is 13.9. The monoisotopic (exact) mass is 209 g/mol. The number of hydrogen-bond donors (Lipinski definition) is 0. The molecule has 0 unspecified atom stereocenters. The van der Waals surface area contributed by atoms with Gasteiger partial charge in [-0.3, -0.25) is 9.78 Å². The number of ketones is 1. The number of pyridine rings is 1. The van der Waals surface area contributed by atoms with Crippen LogP contribution in [0.15, 0.2) is 42.7 Å². The van der Waals surface area contributed by atoms with Crippen molar-refractivity contribution in [3.8, 4) is 11.1 Å². The number of Topliss-reactive ketones (excluding diaryl/α,β-unsaturated/α-hetero) is 1. The molecule has 0 bridgehead atoms. The Morgan fingerprint density at radius 1 is 1.06 bits per heavy atom. The lowest BCUT2D eigenvalue weighted by Gasteiger charge is -2.06. The first-order valence-electron chi connectivity index (χ1n) is 5.42. The Labute approximate surface area is 94.0 Å². The molecule has 2 heteroatoms. The third-order valence-electron chi connectivity index (χ3n) is 3.02. The largest absolute Gasteiger partial charge is 0.294 e. The molecular weight excluding hydrogens is 198 g/mol. The summed E-state index contributed by atoms with van der Waals surface area (Å²) in [6.45, 7) is 0. The molecule has 0 aliphatic heterocycles.